The van der Waals surface area contributed by atoms with E-state index in [0.717, 1.165) is 37.1 Å². The molecule has 176 valence electrons. The summed E-state index contributed by atoms with van der Waals surface area (Å²) in [6, 6.07) is 20.0. The Bertz CT molecular complexity index is 945. The van der Waals surface area contributed by atoms with Crippen LogP contribution in [0.2, 0.25) is 0 Å². The molecule has 3 aliphatic rings. The molecule has 1 aliphatic carbocycles. The van der Waals surface area contributed by atoms with Crippen molar-refractivity contribution in [2.75, 3.05) is 26.2 Å². The molecule has 5 nitrogen and oxygen atoms in total. The van der Waals surface area contributed by atoms with Crippen molar-refractivity contribution in [2.24, 2.45) is 10.8 Å². The van der Waals surface area contributed by atoms with Crippen LogP contribution < -0.4 is 0 Å². The lowest BCUT2D eigenvalue weighted by atomic mass is 9.52. The summed E-state index contributed by atoms with van der Waals surface area (Å²) < 4.78 is 5.93. The van der Waals surface area contributed by atoms with E-state index in [0.29, 0.717) is 32.4 Å². The zero-order chi connectivity index (χ0) is 22.9. The van der Waals surface area contributed by atoms with Crippen LogP contribution in [0.25, 0.3) is 0 Å². The van der Waals surface area contributed by atoms with Crippen LogP contribution in [0.4, 0.5) is 0 Å². The molecule has 5 heteroatoms. The number of hydrogen-bond donors (Lipinski definition) is 2. The number of rotatable bonds is 7. The zero-order valence-electron chi connectivity index (χ0n) is 19.2. The summed E-state index contributed by atoms with van der Waals surface area (Å²) >= 11 is 0. The number of carbonyl (C=O) groups is 1. The molecule has 2 bridgehead atoms. The Hall–Kier alpha value is -2.05. The van der Waals surface area contributed by atoms with E-state index in [2.05, 4.69) is 17.0 Å². The highest BCUT2D eigenvalue weighted by atomic mass is 16.5. The van der Waals surface area contributed by atoms with Crippen molar-refractivity contribution in [2.45, 2.75) is 56.8 Å². The Labute approximate surface area is 196 Å². The third-order valence-electron chi connectivity index (χ3n) is 8.08. The van der Waals surface area contributed by atoms with Gasteiger partial charge in [-0.2, -0.15) is 0 Å². The van der Waals surface area contributed by atoms with E-state index in [4.69, 9.17) is 4.74 Å². The van der Waals surface area contributed by atoms with Crippen LogP contribution in [0.3, 0.4) is 0 Å². The molecule has 2 aromatic rings. The van der Waals surface area contributed by atoms with Crippen LogP contribution in [-0.2, 0) is 22.4 Å². The molecule has 5 atom stereocenters. The first-order valence-corrected chi connectivity index (χ1v) is 12.3. The maximum Gasteiger partial charge on any atom is 0.134 e. The van der Waals surface area contributed by atoms with Crippen LogP contribution in [0.5, 0.6) is 0 Å². The highest BCUT2D eigenvalue weighted by molar-refractivity contribution is 5.82. The normalized spacial score (nSPS) is 33.2. The molecule has 33 heavy (non-hydrogen) atoms. The number of fused-ring (bicyclic) bond motifs is 2. The third kappa shape index (κ3) is 4.52. The lowest BCUT2D eigenvalue weighted by Crippen LogP contribution is -2.70. The standard InChI is InChI=1S/C28H35NO4/c30-23-16-27(15-22-10-5-2-6-11-22)19-29(18-24-12-7-13-33-24)20-28(17-23,26(27)32)25(31)14-21-8-3-1-4-9-21/h1-6,8-11,24-26,31-32H,7,12-20H2/t24?,25?,26?,27-,28+/m1/s1. The highest BCUT2D eigenvalue weighted by Crippen LogP contribution is 2.53. The Balaban J connectivity index is 1.49. The predicted octanol–water partition coefficient (Wildman–Crippen LogP) is 3.02. The van der Waals surface area contributed by atoms with E-state index >= 15 is 0 Å². The zero-order valence-corrected chi connectivity index (χ0v) is 19.2. The summed E-state index contributed by atoms with van der Waals surface area (Å²) in [5.74, 6) is 0.153. The molecule has 2 saturated heterocycles. The van der Waals surface area contributed by atoms with Crippen molar-refractivity contribution in [3.63, 3.8) is 0 Å². The molecule has 0 amide bonds. The SMILES string of the molecule is O=C1C[C@]2(Cc3ccccc3)CN(CC3CCCO3)C[C@](C(O)Cc3ccccc3)(C1)C2O. The maximum absolute atomic E-state index is 13.2. The molecule has 3 fully saturated rings. The van der Waals surface area contributed by atoms with Crippen LogP contribution in [0.15, 0.2) is 60.7 Å². The number of carbonyl (C=O) groups excluding carboxylic acids is 1. The number of likely N-dealkylation sites (tertiary alicyclic amines) is 1. The summed E-state index contributed by atoms with van der Waals surface area (Å²) in [6.07, 6.45) is 2.40. The van der Waals surface area contributed by atoms with Gasteiger partial charge in [0.05, 0.1) is 18.3 Å². The molecule has 0 aromatic heterocycles. The maximum atomic E-state index is 13.2. The van der Waals surface area contributed by atoms with E-state index in [9.17, 15) is 15.0 Å². The van der Waals surface area contributed by atoms with E-state index in [1.54, 1.807) is 0 Å². The number of aliphatic hydroxyl groups is 2. The van der Waals surface area contributed by atoms with Gasteiger partial charge in [-0.25, -0.2) is 0 Å². The Kier molecular flexibility index (Phi) is 6.41. The fourth-order valence-electron chi connectivity index (χ4n) is 6.70. The predicted molar refractivity (Wildman–Crippen MR) is 127 cm³/mol. The monoisotopic (exact) mass is 449 g/mol. The molecule has 2 aliphatic heterocycles. The van der Waals surface area contributed by atoms with Crippen LogP contribution in [-0.4, -0.2) is 65.4 Å². The van der Waals surface area contributed by atoms with E-state index in [1.807, 2.05) is 48.5 Å². The quantitative estimate of drug-likeness (QED) is 0.680. The molecular formula is C28H35NO4. The smallest absolute Gasteiger partial charge is 0.134 e. The minimum absolute atomic E-state index is 0.153. The fourth-order valence-corrected chi connectivity index (χ4v) is 6.70. The van der Waals surface area contributed by atoms with Gasteiger partial charge in [0, 0.05) is 49.9 Å². The van der Waals surface area contributed by atoms with Gasteiger partial charge in [0.25, 0.3) is 0 Å². The Morgan fingerprint density at radius 1 is 1.00 bits per heavy atom. The van der Waals surface area contributed by atoms with Crippen molar-refractivity contribution in [3.05, 3.63) is 71.8 Å². The van der Waals surface area contributed by atoms with Gasteiger partial charge in [-0.3, -0.25) is 9.69 Å². The molecule has 2 heterocycles. The first-order valence-electron chi connectivity index (χ1n) is 12.3. The van der Waals surface area contributed by atoms with Crippen molar-refractivity contribution in [1.82, 2.24) is 4.90 Å². The summed E-state index contributed by atoms with van der Waals surface area (Å²) in [7, 11) is 0. The molecule has 1 saturated carbocycles. The minimum atomic E-state index is -0.878. The summed E-state index contributed by atoms with van der Waals surface area (Å²) in [5.41, 5.74) is 0.660. The average Bonchev–Trinajstić information content (AvgIpc) is 3.30. The second kappa shape index (κ2) is 9.30. The number of ketones is 1. The van der Waals surface area contributed by atoms with Crippen molar-refractivity contribution in [3.8, 4) is 0 Å². The Morgan fingerprint density at radius 3 is 2.36 bits per heavy atom. The van der Waals surface area contributed by atoms with E-state index in [-0.39, 0.29) is 18.3 Å². The van der Waals surface area contributed by atoms with Crippen molar-refractivity contribution < 1.29 is 19.7 Å². The minimum Gasteiger partial charge on any atom is -0.392 e. The Morgan fingerprint density at radius 2 is 1.70 bits per heavy atom. The van der Waals surface area contributed by atoms with E-state index in [1.165, 1.54) is 0 Å². The molecular weight excluding hydrogens is 414 g/mol. The van der Waals surface area contributed by atoms with Gasteiger partial charge >= 0.3 is 0 Å². The third-order valence-corrected chi connectivity index (χ3v) is 8.08. The second-order valence-electron chi connectivity index (χ2n) is 10.6. The van der Waals surface area contributed by atoms with Gasteiger partial charge in [0.15, 0.2) is 0 Å². The van der Waals surface area contributed by atoms with Gasteiger partial charge in [0.2, 0.25) is 0 Å². The average molecular weight is 450 g/mol. The lowest BCUT2D eigenvalue weighted by molar-refractivity contribution is -0.206. The van der Waals surface area contributed by atoms with Gasteiger partial charge in [0.1, 0.15) is 5.78 Å². The molecule has 2 N–H and O–H groups in total. The summed E-state index contributed by atoms with van der Waals surface area (Å²) in [4.78, 5) is 15.5. The van der Waals surface area contributed by atoms with Gasteiger partial charge in [-0.1, -0.05) is 60.7 Å². The summed E-state index contributed by atoms with van der Waals surface area (Å²) in [6.45, 7) is 2.76. The number of ether oxygens (including phenoxy) is 1. The fraction of sp³-hybridized carbons (Fsp3) is 0.536. The number of piperidine rings is 1. The molecule has 0 radical (unpaired) electrons. The van der Waals surface area contributed by atoms with E-state index < -0.39 is 23.0 Å². The number of nitrogens with zero attached hydrogens (tertiary/aromatic N) is 1. The van der Waals surface area contributed by atoms with Gasteiger partial charge in [-0.15, -0.1) is 0 Å². The second-order valence-corrected chi connectivity index (χ2v) is 10.6. The molecule has 0 spiro atoms. The highest BCUT2D eigenvalue weighted by Gasteiger charge is 2.62. The van der Waals surface area contributed by atoms with Gasteiger partial charge < -0.3 is 14.9 Å². The first kappa shape index (κ1) is 22.7. The lowest BCUT2D eigenvalue weighted by Gasteiger charge is -2.60. The number of Topliss-reactive ketones (excluding diaryl/α,β-unsaturated/α-hetero) is 1. The first-order chi connectivity index (χ1) is 16.0. The summed E-state index contributed by atoms with van der Waals surface area (Å²) in [5, 5.41) is 23.5. The van der Waals surface area contributed by atoms with Gasteiger partial charge in [-0.05, 0) is 36.8 Å². The number of benzene rings is 2. The molecule has 3 unspecified atom stereocenters. The van der Waals surface area contributed by atoms with Crippen molar-refractivity contribution >= 4 is 5.78 Å². The number of hydrogen-bond acceptors (Lipinski definition) is 5. The topological polar surface area (TPSA) is 70.0 Å². The van der Waals surface area contributed by atoms with Crippen LogP contribution in [0, 0.1) is 10.8 Å². The largest absolute Gasteiger partial charge is 0.392 e. The number of aliphatic hydroxyl groups excluding tert-OH is 2. The molecule has 5 rings (SSSR count). The van der Waals surface area contributed by atoms with Crippen LogP contribution >= 0.6 is 0 Å². The van der Waals surface area contributed by atoms with Crippen LogP contribution in [0.1, 0.15) is 36.8 Å². The molecule has 2 aromatic carbocycles. The van der Waals surface area contributed by atoms with Crippen molar-refractivity contribution in [1.29, 1.82) is 0 Å².